The zero-order chi connectivity index (χ0) is 64.0. The van der Waals surface area contributed by atoms with Crippen LogP contribution < -0.4 is 5.32 Å². The van der Waals surface area contributed by atoms with Crippen LogP contribution in [0.2, 0.25) is 0 Å². The summed E-state index contributed by atoms with van der Waals surface area (Å²) in [5.41, 5.74) is 0. The van der Waals surface area contributed by atoms with Gasteiger partial charge in [-0.1, -0.05) is 41.5 Å². The number of carboxylic acid groups (broad SMARTS) is 2. The number of ether oxygens (including phenoxy) is 4. The Morgan fingerprint density at radius 1 is 0.349 bits per heavy atom. The van der Waals surface area contributed by atoms with Gasteiger partial charge in [-0.15, -0.1) is 0 Å². The minimum atomic E-state index is -0.883. The van der Waals surface area contributed by atoms with Gasteiger partial charge >= 0.3 is 35.8 Å². The van der Waals surface area contributed by atoms with Crippen LogP contribution >= 0.6 is 0 Å². The monoisotopic (exact) mass is 1180 g/mol. The summed E-state index contributed by atoms with van der Waals surface area (Å²) in [6.45, 7) is 24.1. The van der Waals surface area contributed by atoms with Crippen molar-refractivity contribution in [2.75, 3.05) is 28.4 Å². The van der Waals surface area contributed by atoms with Crippen molar-refractivity contribution in [1.82, 2.24) is 29.8 Å². The Morgan fingerprint density at radius 2 is 0.566 bits per heavy atom. The lowest BCUT2D eigenvalue weighted by atomic mass is 10.2. The maximum Gasteiger partial charge on any atom is 0.328 e. The normalized spacial score (nSPS) is 26.3. The largest absolute Gasteiger partial charge is 0.480 e. The van der Waals surface area contributed by atoms with Crippen LogP contribution in [0, 0.1) is 0 Å². The molecule has 6 saturated heterocycles. The molecular formula is C59H102N6O18. The molecule has 5 amide bonds. The van der Waals surface area contributed by atoms with Crippen molar-refractivity contribution in [3.05, 3.63) is 0 Å². The summed E-state index contributed by atoms with van der Waals surface area (Å²) in [6, 6.07) is -1.23. The first-order valence-corrected chi connectivity index (χ1v) is 29.6. The fourth-order valence-electron chi connectivity index (χ4n) is 10.8. The van der Waals surface area contributed by atoms with E-state index in [0.29, 0.717) is 57.4 Å². The number of hydrogen-bond donors (Lipinski definition) is 3. The summed E-state index contributed by atoms with van der Waals surface area (Å²) in [4.78, 5) is 142. The molecule has 12 atom stereocenters. The maximum absolute atomic E-state index is 11.6. The summed E-state index contributed by atoms with van der Waals surface area (Å²) in [7, 11) is 5.51. The molecule has 6 rings (SSSR count). The van der Waals surface area contributed by atoms with Gasteiger partial charge in [0, 0.05) is 74.8 Å². The second-order valence-electron chi connectivity index (χ2n) is 21.5. The highest BCUT2D eigenvalue weighted by Crippen LogP contribution is 2.29. The molecule has 83 heavy (non-hydrogen) atoms. The van der Waals surface area contributed by atoms with Crippen molar-refractivity contribution in [2.24, 2.45) is 0 Å². The smallest absolute Gasteiger partial charge is 0.328 e. The molecule has 0 aliphatic carbocycles. The van der Waals surface area contributed by atoms with Gasteiger partial charge in [0.25, 0.3) is 0 Å². The third-order valence-electron chi connectivity index (χ3n) is 15.6. The number of ketones is 1. The number of methoxy groups -OCH3 is 4. The molecule has 0 aromatic carbocycles. The molecule has 6 aliphatic rings. The Labute approximate surface area is 492 Å². The number of hydrogen-bond acceptors (Lipinski definition) is 17. The zero-order valence-corrected chi connectivity index (χ0v) is 52.8. The Balaban J connectivity index is 0.000000958. The number of esters is 4. The summed E-state index contributed by atoms with van der Waals surface area (Å²) in [5.74, 6) is -2.55. The second-order valence-corrected chi connectivity index (χ2v) is 21.5. The predicted molar refractivity (Wildman–Crippen MR) is 308 cm³/mol. The molecule has 24 nitrogen and oxygen atoms in total. The first-order chi connectivity index (χ1) is 39.0. The number of nitrogens with one attached hydrogen (secondary N) is 1. The van der Waals surface area contributed by atoms with Crippen LogP contribution in [0.1, 0.15) is 206 Å². The van der Waals surface area contributed by atoms with Crippen molar-refractivity contribution in [3.63, 3.8) is 0 Å². The maximum atomic E-state index is 11.6. The Kier molecular flexibility index (Phi) is 36.4. The third kappa shape index (κ3) is 23.8. The van der Waals surface area contributed by atoms with E-state index in [2.05, 4.69) is 31.2 Å². The van der Waals surface area contributed by atoms with E-state index in [9.17, 15) is 57.5 Å². The highest BCUT2D eigenvalue weighted by molar-refractivity contribution is 5.88. The van der Waals surface area contributed by atoms with Crippen LogP contribution in [0.25, 0.3) is 0 Å². The summed E-state index contributed by atoms with van der Waals surface area (Å²) in [5, 5.41) is 20.8. The molecular weight excluding hydrogens is 1080 g/mol. The molecule has 3 N–H and O–H groups in total. The van der Waals surface area contributed by atoms with Crippen LogP contribution in [0.3, 0.4) is 0 Å². The molecule has 6 aliphatic heterocycles. The molecule has 0 saturated carbocycles. The van der Waals surface area contributed by atoms with Gasteiger partial charge < -0.3 is 63.8 Å². The van der Waals surface area contributed by atoms with E-state index >= 15 is 0 Å². The van der Waals surface area contributed by atoms with E-state index in [1.807, 2.05) is 62.3 Å². The van der Waals surface area contributed by atoms with E-state index in [-0.39, 0.29) is 114 Å². The minimum absolute atomic E-state index is 0.0328. The van der Waals surface area contributed by atoms with Gasteiger partial charge in [0.2, 0.25) is 29.5 Å². The standard InChI is InChI=1S/3C10H17NO3.2C9H15NO3.C7H13NO2.C4H8O/c3*1-4-9(12)11-7(2)5-6-8(11)10(13)14-3;2*1-3-8(11)10-6(2)4-5-7(10)9(12)13;1-5-3-4-6(8-5)7(9)10-2;1-3-4(2)5/h3*7-8H,4-6H2,1-3H3;2*6-7H,3-5H2,1-2H3,(H,12,13);5-6,8H,3-4H2,1-2H3;3H2,1-2H3/t2*7-,8?;;2*6-,7?;;/m10.10../s1. The number of carboxylic acids is 2. The molecule has 0 aromatic rings. The lowest BCUT2D eigenvalue weighted by molar-refractivity contribution is -0.152. The van der Waals surface area contributed by atoms with Gasteiger partial charge in [-0.3, -0.25) is 28.8 Å². The summed E-state index contributed by atoms with van der Waals surface area (Å²) in [6.07, 6.45) is 12.3. The lowest BCUT2D eigenvalue weighted by Gasteiger charge is -2.26. The van der Waals surface area contributed by atoms with Crippen LogP contribution in [0.15, 0.2) is 0 Å². The number of carbonyl (C=O) groups excluding carboxylic acids is 10. The van der Waals surface area contributed by atoms with Gasteiger partial charge in [0.1, 0.15) is 42.0 Å². The molecule has 0 spiro atoms. The number of amides is 5. The Morgan fingerprint density at radius 3 is 0.735 bits per heavy atom. The molecule has 0 radical (unpaired) electrons. The van der Waals surface area contributed by atoms with Crippen LogP contribution in [-0.4, -0.2) is 207 Å². The zero-order valence-electron chi connectivity index (χ0n) is 52.8. The van der Waals surface area contributed by atoms with Crippen molar-refractivity contribution in [1.29, 1.82) is 0 Å². The van der Waals surface area contributed by atoms with Gasteiger partial charge in [-0.25, -0.2) is 24.0 Å². The highest BCUT2D eigenvalue weighted by atomic mass is 16.5. The van der Waals surface area contributed by atoms with Crippen LogP contribution in [0.4, 0.5) is 0 Å². The van der Waals surface area contributed by atoms with E-state index in [1.54, 1.807) is 35.5 Å². The molecule has 476 valence electrons. The van der Waals surface area contributed by atoms with Gasteiger partial charge in [-0.2, -0.15) is 0 Å². The molecule has 24 heteroatoms. The van der Waals surface area contributed by atoms with Crippen molar-refractivity contribution >= 4 is 71.1 Å². The van der Waals surface area contributed by atoms with Gasteiger partial charge in [0.15, 0.2) is 0 Å². The fraction of sp³-hybridized carbons (Fsp3) is 0.797. The number of likely N-dealkylation sites (tertiary alicyclic amines) is 5. The van der Waals surface area contributed by atoms with E-state index in [1.165, 1.54) is 38.2 Å². The molecule has 8 unspecified atom stereocenters. The Hall–Kier alpha value is -6.20. The van der Waals surface area contributed by atoms with E-state index < -0.39 is 24.0 Å². The van der Waals surface area contributed by atoms with Crippen LogP contribution in [-0.2, 0) is 76.5 Å². The number of carbonyl (C=O) groups is 12. The molecule has 0 aromatic heterocycles. The van der Waals surface area contributed by atoms with E-state index in [0.717, 1.165) is 64.2 Å². The third-order valence-corrected chi connectivity index (χ3v) is 15.6. The average Bonchev–Trinajstić information content (AvgIpc) is 4.53. The van der Waals surface area contributed by atoms with Crippen molar-refractivity contribution in [3.8, 4) is 0 Å². The molecule has 6 heterocycles. The van der Waals surface area contributed by atoms with Crippen molar-refractivity contribution < 1.29 is 86.7 Å². The van der Waals surface area contributed by atoms with Gasteiger partial charge in [0.05, 0.1) is 28.4 Å². The number of Topliss-reactive ketones (excluding diaryl/α,β-unsaturated/α-hetero) is 1. The SMILES string of the molecule is CCC(=O)N1C(C(=O)O)CC[C@@H]1C.CCC(=O)N1C(C(=O)O)CC[C@H]1C.CCC(=O)N1C(C(=O)OC)CC[C@@H]1C.CCC(=O)N1C(C(=O)OC)CC[C@H]1C.CCC(=O)N1C(C)CCC1C(=O)OC.CCC(C)=O.COC(=O)C1CCC(C)N1. The second kappa shape index (κ2) is 39.4. The fourth-order valence-corrected chi connectivity index (χ4v) is 10.8. The predicted octanol–water partition coefficient (Wildman–Crippen LogP) is 5.85. The first kappa shape index (κ1) is 76.8. The molecule has 0 bridgehead atoms. The van der Waals surface area contributed by atoms with Gasteiger partial charge in [-0.05, 0) is 126 Å². The van der Waals surface area contributed by atoms with Crippen LogP contribution in [0.5, 0.6) is 0 Å². The summed E-state index contributed by atoms with van der Waals surface area (Å²) < 4.78 is 18.6. The molecule has 6 fully saturated rings. The lowest BCUT2D eigenvalue weighted by Crippen LogP contribution is -2.44. The topological polar surface area (TPSA) is 310 Å². The number of nitrogens with zero attached hydrogens (tertiary/aromatic N) is 5. The summed E-state index contributed by atoms with van der Waals surface area (Å²) >= 11 is 0. The quantitative estimate of drug-likeness (QED) is 0.152. The first-order valence-electron chi connectivity index (χ1n) is 29.6. The Bertz CT molecular complexity index is 1980. The van der Waals surface area contributed by atoms with E-state index in [4.69, 9.17) is 10.2 Å². The number of rotatable bonds is 12. The van der Waals surface area contributed by atoms with Crippen molar-refractivity contribution in [2.45, 2.75) is 278 Å². The number of aliphatic carboxylic acids is 2. The minimum Gasteiger partial charge on any atom is -0.480 e. The highest BCUT2D eigenvalue weighted by Gasteiger charge is 2.42. The average molecular weight is 1180 g/mol.